The molecule has 0 radical (unpaired) electrons. The van der Waals surface area contributed by atoms with Crippen LogP contribution in [0.3, 0.4) is 0 Å². The minimum atomic E-state index is 0.747. The molecule has 0 aliphatic carbocycles. The molecule has 0 aliphatic heterocycles. The molecule has 0 spiro atoms. The van der Waals surface area contributed by atoms with Crippen molar-refractivity contribution in [3.8, 4) is 5.69 Å². The molecule has 0 fully saturated rings. The number of fused-ring (bicyclic) bond motifs is 1. The third-order valence-corrected chi connectivity index (χ3v) is 4.05. The summed E-state index contributed by atoms with van der Waals surface area (Å²) in [5.41, 5.74) is 5.43. The van der Waals surface area contributed by atoms with Gasteiger partial charge in [0.15, 0.2) is 0 Å². The molecule has 3 nitrogen and oxygen atoms in total. The van der Waals surface area contributed by atoms with Crippen molar-refractivity contribution in [2.24, 2.45) is 0 Å². The van der Waals surface area contributed by atoms with Gasteiger partial charge in [-0.1, -0.05) is 11.6 Å². The van der Waals surface area contributed by atoms with Crippen LogP contribution in [0.5, 0.6) is 0 Å². The van der Waals surface area contributed by atoms with Gasteiger partial charge in [0.25, 0.3) is 0 Å². The van der Waals surface area contributed by atoms with Crippen molar-refractivity contribution < 1.29 is 0 Å². The normalized spacial score (nSPS) is 11.2. The maximum absolute atomic E-state index is 5.98. The molecule has 0 unspecified atom stereocenters. The van der Waals surface area contributed by atoms with E-state index in [1.807, 2.05) is 38.1 Å². The summed E-state index contributed by atoms with van der Waals surface area (Å²) in [6.07, 6.45) is 0. The highest BCUT2D eigenvalue weighted by Gasteiger charge is 2.17. The van der Waals surface area contributed by atoms with Crippen LogP contribution in [0.2, 0.25) is 5.02 Å². The van der Waals surface area contributed by atoms with E-state index in [2.05, 4.69) is 28.6 Å². The Morgan fingerprint density at radius 3 is 1.70 bits per heavy atom. The van der Waals surface area contributed by atoms with E-state index in [1.54, 1.807) is 0 Å². The van der Waals surface area contributed by atoms with E-state index in [0.717, 1.165) is 22.1 Å². The Morgan fingerprint density at radius 1 is 0.800 bits per heavy atom. The van der Waals surface area contributed by atoms with E-state index in [4.69, 9.17) is 11.6 Å². The van der Waals surface area contributed by atoms with Gasteiger partial charge < -0.3 is 4.57 Å². The Hall–Kier alpha value is -1.87. The van der Waals surface area contributed by atoms with Crippen molar-refractivity contribution in [2.45, 2.75) is 27.7 Å². The highest BCUT2D eigenvalue weighted by atomic mass is 35.5. The van der Waals surface area contributed by atoms with E-state index >= 15 is 0 Å². The smallest absolute Gasteiger partial charge is 0.0696 e. The zero-order valence-corrected chi connectivity index (χ0v) is 12.8. The lowest BCUT2D eigenvalue weighted by atomic mass is 10.1. The molecule has 0 bridgehead atoms. The highest BCUT2D eigenvalue weighted by Crippen LogP contribution is 2.31. The fraction of sp³-hybridized carbons (Fsp3) is 0.250. The van der Waals surface area contributed by atoms with E-state index in [0.29, 0.717) is 0 Å². The largest absolute Gasteiger partial charge is 0.317 e. The van der Waals surface area contributed by atoms with Crippen molar-refractivity contribution in [2.75, 3.05) is 0 Å². The van der Waals surface area contributed by atoms with E-state index in [1.165, 1.54) is 22.2 Å². The minimum Gasteiger partial charge on any atom is -0.317 e. The molecule has 0 saturated carbocycles. The molecule has 0 N–H and O–H groups in total. The minimum absolute atomic E-state index is 0.747. The molecule has 20 heavy (non-hydrogen) atoms. The maximum Gasteiger partial charge on any atom is 0.0696 e. The molecule has 3 aromatic rings. The number of hydrogen-bond acceptors (Lipinski definition) is 2. The first-order valence-electron chi connectivity index (χ1n) is 6.58. The number of aromatic nitrogens is 3. The summed E-state index contributed by atoms with van der Waals surface area (Å²) in [4.78, 5) is 0. The molecular weight excluding hydrogens is 270 g/mol. The molecule has 0 amide bonds. The van der Waals surface area contributed by atoms with E-state index in [9.17, 15) is 0 Å². The van der Waals surface area contributed by atoms with Crippen molar-refractivity contribution >= 4 is 22.4 Å². The second kappa shape index (κ2) is 4.60. The number of rotatable bonds is 1. The van der Waals surface area contributed by atoms with Crippen LogP contribution in [0.25, 0.3) is 16.5 Å². The van der Waals surface area contributed by atoms with Crippen LogP contribution in [0.4, 0.5) is 0 Å². The summed E-state index contributed by atoms with van der Waals surface area (Å²) in [5.74, 6) is 0. The van der Waals surface area contributed by atoms with Gasteiger partial charge in [-0.15, -0.1) is 0 Å². The van der Waals surface area contributed by atoms with Crippen molar-refractivity contribution in [3.05, 3.63) is 52.1 Å². The molecule has 2 aromatic heterocycles. The topological polar surface area (TPSA) is 30.7 Å². The van der Waals surface area contributed by atoms with E-state index < -0.39 is 0 Å². The second-order valence-corrected chi connectivity index (χ2v) is 5.54. The highest BCUT2D eigenvalue weighted by molar-refractivity contribution is 6.30. The number of aryl methyl sites for hydroxylation is 4. The zero-order chi connectivity index (χ0) is 14.4. The summed E-state index contributed by atoms with van der Waals surface area (Å²) in [5, 5.41) is 11.6. The summed E-state index contributed by atoms with van der Waals surface area (Å²) in [6, 6.07) is 7.90. The van der Waals surface area contributed by atoms with Gasteiger partial charge >= 0.3 is 0 Å². The van der Waals surface area contributed by atoms with Gasteiger partial charge in [0.05, 0.1) is 11.4 Å². The fourth-order valence-electron chi connectivity index (χ4n) is 2.95. The molecule has 2 heterocycles. The van der Waals surface area contributed by atoms with Crippen LogP contribution in [0, 0.1) is 27.7 Å². The van der Waals surface area contributed by atoms with E-state index in [-0.39, 0.29) is 0 Å². The monoisotopic (exact) mass is 285 g/mol. The fourth-order valence-corrected chi connectivity index (χ4v) is 3.08. The number of nitrogens with zero attached hydrogens (tertiary/aromatic N) is 3. The quantitative estimate of drug-likeness (QED) is 0.667. The molecule has 0 atom stereocenters. The Bertz CT molecular complexity index is 756. The first-order valence-corrected chi connectivity index (χ1v) is 6.96. The Kier molecular flexibility index (Phi) is 3.02. The van der Waals surface area contributed by atoms with Crippen LogP contribution in [0.1, 0.15) is 22.8 Å². The third kappa shape index (κ3) is 1.81. The van der Waals surface area contributed by atoms with Gasteiger partial charge in [-0.25, -0.2) is 0 Å². The van der Waals surface area contributed by atoms with Crippen molar-refractivity contribution in [3.63, 3.8) is 0 Å². The van der Waals surface area contributed by atoms with Crippen LogP contribution in [0.15, 0.2) is 24.3 Å². The summed E-state index contributed by atoms with van der Waals surface area (Å²) in [6.45, 7) is 8.26. The first-order chi connectivity index (χ1) is 9.50. The first kappa shape index (κ1) is 13.1. The third-order valence-electron chi connectivity index (χ3n) is 3.80. The SMILES string of the molecule is Cc1nnc(C)c2c(C)n(-c3ccc(Cl)cc3)c(C)c12. The molecular formula is C16H16ClN3. The average molecular weight is 286 g/mol. The predicted octanol–water partition coefficient (Wildman–Crippen LogP) is 4.31. The average Bonchev–Trinajstić information content (AvgIpc) is 2.69. The summed E-state index contributed by atoms with van der Waals surface area (Å²) < 4.78 is 2.24. The lowest BCUT2D eigenvalue weighted by molar-refractivity contribution is 0.964. The summed E-state index contributed by atoms with van der Waals surface area (Å²) >= 11 is 5.98. The van der Waals surface area contributed by atoms with Crippen LogP contribution in [-0.4, -0.2) is 14.8 Å². The molecule has 3 rings (SSSR count). The number of hydrogen-bond donors (Lipinski definition) is 0. The second-order valence-electron chi connectivity index (χ2n) is 5.10. The standard InChI is InChI=1S/C16H16ClN3/c1-9-15-11(3)20(14-7-5-13(17)6-8-14)12(4)16(15)10(2)19-18-9/h5-8H,1-4H3. The molecule has 102 valence electrons. The number of benzene rings is 1. The van der Waals surface area contributed by atoms with Crippen molar-refractivity contribution in [1.82, 2.24) is 14.8 Å². The lowest BCUT2D eigenvalue weighted by Gasteiger charge is -2.09. The maximum atomic E-state index is 5.98. The van der Waals surface area contributed by atoms with Gasteiger partial charge in [-0.2, -0.15) is 10.2 Å². The van der Waals surface area contributed by atoms with Crippen LogP contribution >= 0.6 is 11.6 Å². The van der Waals surface area contributed by atoms with Gasteiger partial charge in [0, 0.05) is 32.9 Å². The van der Waals surface area contributed by atoms with Gasteiger partial charge in [-0.3, -0.25) is 0 Å². The van der Waals surface area contributed by atoms with Crippen molar-refractivity contribution in [1.29, 1.82) is 0 Å². The number of halogens is 1. The van der Waals surface area contributed by atoms with Gasteiger partial charge in [0.2, 0.25) is 0 Å². The lowest BCUT2D eigenvalue weighted by Crippen LogP contribution is -1.98. The molecule has 0 saturated heterocycles. The van der Waals surface area contributed by atoms with Gasteiger partial charge in [0.1, 0.15) is 0 Å². The predicted molar refractivity (Wildman–Crippen MR) is 82.8 cm³/mol. The van der Waals surface area contributed by atoms with Crippen LogP contribution < -0.4 is 0 Å². The molecule has 0 aliphatic rings. The zero-order valence-electron chi connectivity index (χ0n) is 12.0. The molecule has 1 aromatic carbocycles. The van der Waals surface area contributed by atoms with Gasteiger partial charge in [-0.05, 0) is 52.0 Å². The Balaban J connectivity index is 2.40. The molecule has 4 heteroatoms. The summed E-state index contributed by atoms with van der Waals surface area (Å²) in [7, 11) is 0. The Labute approximate surface area is 123 Å². The van der Waals surface area contributed by atoms with Crippen LogP contribution in [-0.2, 0) is 0 Å². The Morgan fingerprint density at radius 2 is 1.25 bits per heavy atom.